The Labute approximate surface area is 120 Å². The van der Waals surface area contributed by atoms with Gasteiger partial charge in [0.2, 0.25) is 0 Å². The van der Waals surface area contributed by atoms with Gasteiger partial charge >= 0.3 is 0 Å². The number of hydrogen-bond acceptors (Lipinski definition) is 3. The first-order valence-electron chi connectivity index (χ1n) is 6.00. The molecule has 0 amide bonds. The highest BCUT2D eigenvalue weighted by Gasteiger charge is 2.09. The van der Waals surface area contributed by atoms with Crippen molar-refractivity contribution in [3.63, 3.8) is 0 Å². The second-order valence-corrected chi connectivity index (χ2v) is 4.76. The van der Waals surface area contributed by atoms with Crippen molar-refractivity contribution in [1.29, 1.82) is 0 Å². The van der Waals surface area contributed by atoms with Gasteiger partial charge in [-0.25, -0.2) is 4.39 Å². The number of aromatic nitrogens is 1. The fraction of sp³-hybridized carbons (Fsp3) is 0. The zero-order valence-electron chi connectivity index (χ0n) is 10.4. The fourth-order valence-electron chi connectivity index (χ4n) is 2.03. The van der Waals surface area contributed by atoms with Crippen LogP contribution in [0.1, 0.15) is 0 Å². The largest absolute Gasteiger partial charge is 0.399 e. The number of rotatable bonds is 2. The molecular formula is C15H11ClFN3. The molecule has 5 heteroatoms. The molecule has 0 atom stereocenters. The van der Waals surface area contributed by atoms with E-state index in [1.54, 1.807) is 36.5 Å². The van der Waals surface area contributed by atoms with Crippen molar-refractivity contribution in [3.8, 4) is 0 Å². The first kappa shape index (κ1) is 12.7. The van der Waals surface area contributed by atoms with E-state index < -0.39 is 5.82 Å². The third-order valence-corrected chi connectivity index (χ3v) is 3.30. The van der Waals surface area contributed by atoms with Gasteiger partial charge in [0.15, 0.2) is 0 Å². The standard InChI is InChI=1S/C15H11ClFN3/c16-11-2-1-3-12(17)15(11)20-13-6-7-19-14-8-9(18)4-5-10(13)14/h1-8H,18H2,(H,19,20). The van der Waals surface area contributed by atoms with Gasteiger partial charge in [-0.3, -0.25) is 4.98 Å². The number of nitrogens with one attached hydrogen (secondary N) is 1. The first-order chi connectivity index (χ1) is 9.65. The smallest absolute Gasteiger partial charge is 0.148 e. The lowest BCUT2D eigenvalue weighted by molar-refractivity contribution is 0.632. The van der Waals surface area contributed by atoms with Crippen LogP contribution in [0, 0.1) is 5.82 Å². The summed E-state index contributed by atoms with van der Waals surface area (Å²) in [5.74, 6) is -0.405. The lowest BCUT2D eigenvalue weighted by Crippen LogP contribution is -1.96. The number of pyridine rings is 1. The summed E-state index contributed by atoms with van der Waals surface area (Å²) in [4.78, 5) is 4.24. The predicted octanol–water partition coefficient (Wildman–Crippen LogP) is 4.35. The van der Waals surface area contributed by atoms with E-state index in [2.05, 4.69) is 10.3 Å². The average Bonchev–Trinajstić information content (AvgIpc) is 2.42. The van der Waals surface area contributed by atoms with E-state index in [-0.39, 0.29) is 5.69 Å². The second-order valence-electron chi connectivity index (χ2n) is 4.36. The molecule has 0 unspecified atom stereocenters. The van der Waals surface area contributed by atoms with Gasteiger partial charge in [-0.2, -0.15) is 0 Å². The number of benzene rings is 2. The highest BCUT2D eigenvalue weighted by atomic mass is 35.5. The maximum absolute atomic E-state index is 13.8. The number of nitrogen functional groups attached to an aromatic ring is 1. The monoisotopic (exact) mass is 287 g/mol. The third kappa shape index (κ3) is 2.26. The molecule has 2 aromatic carbocycles. The van der Waals surface area contributed by atoms with Gasteiger partial charge in [0, 0.05) is 23.0 Å². The summed E-state index contributed by atoms with van der Waals surface area (Å²) in [6, 6.07) is 11.7. The Morgan fingerprint density at radius 1 is 1.15 bits per heavy atom. The van der Waals surface area contributed by atoms with Gasteiger partial charge < -0.3 is 11.1 Å². The third-order valence-electron chi connectivity index (χ3n) is 2.99. The molecule has 3 nitrogen and oxygen atoms in total. The van der Waals surface area contributed by atoms with Gasteiger partial charge in [-0.15, -0.1) is 0 Å². The van der Waals surface area contributed by atoms with E-state index >= 15 is 0 Å². The van der Waals surface area contributed by atoms with Crippen LogP contribution in [0.4, 0.5) is 21.5 Å². The number of fused-ring (bicyclic) bond motifs is 1. The van der Waals surface area contributed by atoms with E-state index in [9.17, 15) is 4.39 Å². The molecule has 3 aromatic rings. The topological polar surface area (TPSA) is 50.9 Å². The van der Waals surface area contributed by atoms with Crippen LogP contribution < -0.4 is 11.1 Å². The molecule has 0 aliphatic heterocycles. The van der Waals surface area contributed by atoms with Crippen molar-refractivity contribution in [1.82, 2.24) is 4.98 Å². The predicted molar refractivity (Wildman–Crippen MR) is 80.8 cm³/mol. The van der Waals surface area contributed by atoms with Crippen LogP contribution in [0.3, 0.4) is 0 Å². The molecule has 100 valence electrons. The quantitative estimate of drug-likeness (QED) is 0.689. The summed E-state index contributed by atoms with van der Waals surface area (Å²) in [5.41, 5.74) is 8.07. The minimum absolute atomic E-state index is 0.249. The minimum atomic E-state index is -0.405. The summed E-state index contributed by atoms with van der Waals surface area (Å²) >= 11 is 6.02. The summed E-state index contributed by atoms with van der Waals surface area (Å²) < 4.78 is 13.8. The zero-order valence-corrected chi connectivity index (χ0v) is 11.2. The number of anilines is 3. The van der Waals surface area contributed by atoms with Crippen LogP contribution in [0.15, 0.2) is 48.7 Å². The molecule has 3 N–H and O–H groups in total. The van der Waals surface area contributed by atoms with Crippen LogP contribution in [-0.2, 0) is 0 Å². The number of nitrogens with two attached hydrogens (primary N) is 1. The van der Waals surface area contributed by atoms with Crippen molar-refractivity contribution in [2.75, 3.05) is 11.1 Å². The van der Waals surface area contributed by atoms with Crippen molar-refractivity contribution in [2.45, 2.75) is 0 Å². The summed E-state index contributed by atoms with van der Waals surface area (Å²) in [7, 11) is 0. The average molecular weight is 288 g/mol. The summed E-state index contributed by atoms with van der Waals surface area (Å²) in [5, 5.41) is 4.19. The van der Waals surface area contributed by atoms with Crippen LogP contribution >= 0.6 is 11.6 Å². The maximum Gasteiger partial charge on any atom is 0.148 e. The molecule has 0 saturated carbocycles. The molecule has 0 aliphatic carbocycles. The van der Waals surface area contributed by atoms with E-state index in [1.165, 1.54) is 6.07 Å². The van der Waals surface area contributed by atoms with Gasteiger partial charge in [-0.05, 0) is 36.4 Å². The molecule has 0 radical (unpaired) electrons. The van der Waals surface area contributed by atoms with Crippen LogP contribution in [0.2, 0.25) is 5.02 Å². The SMILES string of the molecule is Nc1ccc2c(Nc3c(F)cccc3Cl)ccnc2c1. The molecule has 0 saturated heterocycles. The molecule has 20 heavy (non-hydrogen) atoms. The van der Waals surface area contributed by atoms with Gasteiger partial charge in [0.25, 0.3) is 0 Å². The van der Waals surface area contributed by atoms with Crippen LogP contribution in [0.25, 0.3) is 10.9 Å². The normalized spacial score (nSPS) is 10.7. The molecule has 0 bridgehead atoms. The van der Waals surface area contributed by atoms with E-state index in [0.29, 0.717) is 10.7 Å². The molecule has 1 aromatic heterocycles. The van der Waals surface area contributed by atoms with Gasteiger partial charge in [0.05, 0.1) is 16.2 Å². The van der Waals surface area contributed by atoms with Crippen molar-refractivity contribution in [2.24, 2.45) is 0 Å². The Bertz CT molecular complexity index is 769. The Hall–Kier alpha value is -2.33. The van der Waals surface area contributed by atoms with Gasteiger partial charge in [0.1, 0.15) is 5.82 Å². The van der Waals surface area contributed by atoms with Crippen molar-refractivity contribution < 1.29 is 4.39 Å². The fourth-order valence-corrected chi connectivity index (χ4v) is 2.24. The highest BCUT2D eigenvalue weighted by Crippen LogP contribution is 2.31. The summed E-state index contributed by atoms with van der Waals surface area (Å²) in [6.07, 6.45) is 1.64. The van der Waals surface area contributed by atoms with Gasteiger partial charge in [-0.1, -0.05) is 17.7 Å². The Kier molecular flexibility index (Phi) is 3.16. The Morgan fingerprint density at radius 3 is 2.80 bits per heavy atom. The molecule has 1 heterocycles. The first-order valence-corrected chi connectivity index (χ1v) is 6.38. The molecule has 0 fully saturated rings. The molecular weight excluding hydrogens is 277 g/mol. The van der Waals surface area contributed by atoms with Crippen molar-refractivity contribution in [3.05, 3.63) is 59.5 Å². The highest BCUT2D eigenvalue weighted by molar-refractivity contribution is 6.33. The lowest BCUT2D eigenvalue weighted by atomic mass is 10.1. The van der Waals surface area contributed by atoms with E-state index in [0.717, 1.165) is 16.6 Å². The number of nitrogens with zero attached hydrogens (tertiary/aromatic N) is 1. The number of para-hydroxylation sites is 1. The zero-order chi connectivity index (χ0) is 14.1. The molecule has 3 rings (SSSR count). The van der Waals surface area contributed by atoms with E-state index in [4.69, 9.17) is 17.3 Å². The number of hydrogen-bond donors (Lipinski definition) is 2. The maximum atomic E-state index is 13.8. The van der Waals surface area contributed by atoms with E-state index in [1.807, 2.05) is 6.07 Å². The van der Waals surface area contributed by atoms with Crippen LogP contribution in [0.5, 0.6) is 0 Å². The number of halogens is 2. The Balaban J connectivity index is 2.11. The summed E-state index contributed by atoms with van der Waals surface area (Å²) in [6.45, 7) is 0. The van der Waals surface area contributed by atoms with Crippen LogP contribution in [-0.4, -0.2) is 4.98 Å². The minimum Gasteiger partial charge on any atom is -0.399 e. The molecule has 0 spiro atoms. The second kappa shape index (κ2) is 4.98. The lowest BCUT2D eigenvalue weighted by Gasteiger charge is -2.11. The Morgan fingerprint density at radius 2 is 2.00 bits per heavy atom. The van der Waals surface area contributed by atoms with Crippen molar-refractivity contribution >= 4 is 39.6 Å². The molecule has 0 aliphatic rings.